The first kappa shape index (κ1) is 19.1. The van der Waals surface area contributed by atoms with Gasteiger partial charge in [0.1, 0.15) is 12.4 Å². The Labute approximate surface area is 169 Å². The van der Waals surface area contributed by atoms with E-state index in [4.69, 9.17) is 11.6 Å². The largest absolute Gasteiger partial charge is 0.480 e. The van der Waals surface area contributed by atoms with Crippen LogP contribution in [0.2, 0.25) is 5.02 Å². The minimum absolute atomic E-state index is 0.116. The van der Waals surface area contributed by atoms with E-state index in [9.17, 15) is 28.7 Å². The average Bonchev–Trinajstić information content (AvgIpc) is 3.04. The third kappa shape index (κ3) is 2.87. The molecule has 0 aromatic heterocycles. The van der Waals surface area contributed by atoms with Crippen molar-refractivity contribution in [3.63, 3.8) is 0 Å². The standard InChI is InChI=1S/C20H14ClFN2O5/c21-12-3-6-14-15(7-12)23(10-17(26)27)18(28)20(14)8-16(25)24(19(20)29)9-11-1-4-13(22)5-2-11/h1-7H,8-10H2,(H,26,27). The lowest BCUT2D eigenvalue weighted by Crippen LogP contribution is -2.47. The summed E-state index contributed by atoms with van der Waals surface area (Å²) in [5.74, 6) is -3.78. The highest BCUT2D eigenvalue weighted by molar-refractivity contribution is 6.33. The number of fused-ring (bicyclic) bond motifs is 2. The maximum absolute atomic E-state index is 13.3. The van der Waals surface area contributed by atoms with Crippen molar-refractivity contribution in [3.05, 3.63) is 64.4 Å². The molecule has 1 spiro atoms. The molecule has 9 heteroatoms. The zero-order chi connectivity index (χ0) is 20.9. The number of hydrogen-bond acceptors (Lipinski definition) is 4. The molecule has 1 unspecified atom stereocenters. The van der Waals surface area contributed by atoms with Crippen LogP contribution in [0.4, 0.5) is 10.1 Å². The fourth-order valence-electron chi connectivity index (χ4n) is 3.89. The summed E-state index contributed by atoms with van der Waals surface area (Å²) >= 11 is 6.00. The van der Waals surface area contributed by atoms with Crippen molar-refractivity contribution in [1.82, 2.24) is 4.90 Å². The van der Waals surface area contributed by atoms with Crippen LogP contribution in [-0.2, 0) is 31.1 Å². The summed E-state index contributed by atoms with van der Waals surface area (Å²) in [7, 11) is 0. The van der Waals surface area contributed by atoms with Gasteiger partial charge in [-0.2, -0.15) is 0 Å². The molecule has 1 N–H and O–H groups in total. The highest BCUT2D eigenvalue weighted by atomic mass is 35.5. The summed E-state index contributed by atoms with van der Waals surface area (Å²) in [6, 6.07) is 9.69. The zero-order valence-corrected chi connectivity index (χ0v) is 15.6. The summed E-state index contributed by atoms with van der Waals surface area (Å²) in [6.45, 7) is -0.776. The lowest BCUT2D eigenvalue weighted by molar-refractivity contribution is -0.143. The molecule has 0 saturated carbocycles. The number of aliphatic carboxylic acids is 1. The summed E-state index contributed by atoms with van der Waals surface area (Å²) < 4.78 is 13.1. The van der Waals surface area contributed by atoms with Crippen molar-refractivity contribution >= 4 is 41.0 Å². The van der Waals surface area contributed by atoms with Crippen molar-refractivity contribution in [3.8, 4) is 0 Å². The number of likely N-dealkylation sites (tertiary alicyclic amines) is 1. The molecule has 0 aliphatic carbocycles. The number of anilines is 1. The Kier molecular flexibility index (Phi) is 4.38. The van der Waals surface area contributed by atoms with Gasteiger partial charge in [-0.25, -0.2) is 4.39 Å². The van der Waals surface area contributed by atoms with Gasteiger partial charge in [-0.15, -0.1) is 0 Å². The maximum atomic E-state index is 13.3. The lowest BCUT2D eigenvalue weighted by Gasteiger charge is -2.22. The number of rotatable bonds is 4. The average molecular weight is 417 g/mol. The number of nitrogens with zero attached hydrogens (tertiary/aromatic N) is 2. The Morgan fingerprint density at radius 3 is 2.38 bits per heavy atom. The number of halogens is 2. The van der Waals surface area contributed by atoms with Crippen LogP contribution < -0.4 is 4.90 Å². The van der Waals surface area contributed by atoms with Crippen molar-refractivity contribution in [2.75, 3.05) is 11.4 Å². The van der Waals surface area contributed by atoms with E-state index in [2.05, 4.69) is 0 Å². The SMILES string of the molecule is O=C(O)CN1C(=O)C2(CC(=O)N(Cc3ccc(F)cc3)C2=O)c2ccc(Cl)cc21. The highest BCUT2D eigenvalue weighted by Crippen LogP contribution is 2.49. The van der Waals surface area contributed by atoms with E-state index in [1.807, 2.05) is 0 Å². The van der Waals surface area contributed by atoms with E-state index in [1.165, 1.54) is 42.5 Å². The molecule has 2 aromatic carbocycles. The molecule has 0 radical (unpaired) electrons. The van der Waals surface area contributed by atoms with Gasteiger partial charge < -0.3 is 5.11 Å². The number of imide groups is 1. The molecule has 1 saturated heterocycles. The van der Waals surface area contributed by atoms with Gasteiger partial charge in [0.2, 0.25) is 17.7 Å². The van der Waals surface area contributed by atoms with Crippen LogP contribution in [0.3, 0.4) is 0 Å². The second kappa shape index (κ2) is 6.66. The quantitative estimate of drug-likeness (QED) is 0.608. The van der Waals surface area contributed by atoms with E-state index in [1.54, 1.807) is 0 Å². The number of benzene rings is 2. The van der Waals surface area contributed by atoms with Crippen molar-refractivity contribution in [1.29, 1.82) is 0 Å². The van der Waals surface area contributed by atoms with E-state index >= 15 is 0 Å². The Morgan fingerprint density at radius 2 is 1.72 bits per heavy atom. The Morgan fingerprint density at radius 1 is 1.07 bits per heavy atom. The van der Waals surface area contributed by atoms with E-state index in [0.29, 0.717) is 5.56 Å². The molecule has 7 nitrogen and oxygen atoms in total. The van der Waals surface area contributed by atoms with Crippen LogP contribution in [0.15, 0.2) is 42.5 Å². The predicted octanol–water partition coefficient (Wildman–Crippen LogP) is 2.11. The molecule has 29 heavy (non-hydrogen) atoms. The lowest BCUT2D eigenvalue weighted by atomic mass is 9.80. The Hall–Kier alpha value is -3.26. The Bertz CT molecular complexity index is 1070. The third-order valence-electron chi connectivity index (χ3n) is 5.20. The summed E-state index contributed by atoms with van der Waals surface area (Å²) in [4.78, 5) is 52.4. The van der Waals surface area contributed by atoms with Crippen molar-refractivity contribution in [2.45, 2.75) is 18.4 Å². The minimum Gasteiger partial charge on any atom is -0.480 e. The predicted molar refractivity (Wildman–Crippen MR) is 99.7 cm³/mol. The van der Waals surface area contributed by atoms with Gasteiger partial charge in [-0.3, -0.25) is 29.0 Å². The molecule has 2 aromatic rings. The molecular formula is C20H14ClFN2O5. The topological polar surface area (TPSA) is 95.0 Å². The van der Waals surface area contributed by atoms with Gasteiger partial charge in [0.15, 0.2) is 5.41 Å². The zero-order valence-electron chi connectivity index (χ0n) is 14.9. The number of carbonyl (C=O) groups excluding carboxylic acids is 3. The van der Waals surface area contributed by atoms with Gasteiger partial charge in [-0.1, -0.05) is 29.8 Å². The molecule has 148 valence electrons. The molecule has 1 fully saturated rings. The van der Waals surface area contributed by atoms with Gasteiger partial charge >= 0.3 is 5.97 Å². The van der Waals surface area contributed by atoms with Crippen LogP contribution >= 0.6 is 11.6 Å². The molecular weight excluding hydrogens is 403 g/mol. The van der Waals surface area contributed by atoms with Crippen LogP contribution in [0.1, 0.15) is 17.5 Å². The molecule has 0 bridgehead atoms. The molecule has 2 aliphatic rings. The second-order valence-electron chi connectivity index (χ2n) is 6.94. The molecule has 3 amide bonds. The minimum atomic E-state index is -1.81. The van der Waals surface area contributed by atoms with Crippen LogP contribution in [0.25, 0.3) is 0 Å². The van der Waals surface area contributed by atoms with Gasteiger partial charge in [0.25, 0.3) is 0 Å². The van der Waals surface area contributed by atoms with Crippen LogP contribution in [-0.4, -0.2) is 40.2 Å². The van der Waals surface area contributed by atoms with Crippen LogP contribution in [0.5, 0.6) is 0 Å². The third-order valence-corrected chi connectivity index (χ3v) is 5.43. The maximum Gasteiger partial charge on any atom is 0.323 e. The first-order valence-electron chi connectivity index (χ1n) is 8.67. The summed E-state index contributed by atoms with van der Waals surface area (Å²) in [5.41, 5.74) is -0.830. The van der Waals surface area contributed by atoms with Crippen LogP contribution in [0, 0.1) is 5.82 Å². The van der Waals surface area contributed by atoms with Crippen molar-refractivity contribution < 1.29 is 28.7 Å². The summed E-state index contributed by atoms with van der Waals surface area (Å²) in [5, 5.41) is 9.45. The Balaban J connectivity index is 1.76. The smallest absolute Gasteiger partial charge is 0.323 e. The molecule has 2 heterocycles. The first-order chi connectivity index (χ1) is 13.7. The number of hydrogen-bond donors (Lipinski definition) is 1. The number of carboxylic acids is 1. The number of carbonyl (C=O) groups is 4. The molecule has 4 rings (SSSR count). The molecule has 2 aliphatic heterocycles. The number of carboxylic acid groups (broad SMARTS) is 1. The monoisotopic (exact) mass is 416 g/mol. The van der Waals surface area contributed by atoms with Crippen molar-refractivity contribution in [2.24, 2.45) is 0 Å². The fraction of sp³-hybridized carbons (Fsp3) is 0.200. The normalized spacial score (nSPS) is 20.7. The fourth-order valence-corrected chi connectivity index (χ4v) is 4.05. The number of amides is 3. The highest BCUT2D eigenvalue weighted by Gasteiger charge is 2.63. The second-order valence-corrected chi connectivity index (χ2v) is 7.38. The molecule has 1 atom stereocenters. The van der Waals surface area contributed by atoms with Gasteiger partial charge in [0, 0.05) is 10.6 Å². The van der Waals surface area contributed by atoms with Gasteiger partial charge in [-0.05, 0) is 29.8 Å². The van der Waals surface area contributed by atoms with E-state index in [-0.39, 0.29) is 22.8 Å². The first-order valence-corrected chi connectivity index (χ1v) is 9.05. The van der Waals surface area contributed by atoms with E-state index < -0.39 is 47.9 Å². The summed E-state index contributed by atoms with van der Waals surface area (Å²) in [6.07, 6.45) is -0.406. The van der Waals surface area contributed by atoms with E-state index in [0.717, 1.165) is 9.80 Å². The van der Waals surface area contributed by atoms with Gasteiger partial charge in [0.05, 0.1) is 18.7 Å².